The van der Waals surface area contributed by atoms with E-state index in [1.165, 1.54) is 18.7 Å². The summed E-state index contributed by atoms with van der Waals surface area (Å²) in [6, 6.07) is 1.66. The number of primary amides is 1. The Labute approximate surface area is 84.9 Å². The first-order chi connectivity index (χ1) is 7.18. The standard InChI is InChI=1S/C9H8N4O2/c10-8(14)6-3-12-9(11)13-7(6)5-1-2-15-4-5/h1-4H,(H2,10,14)(H2,11,12,13). The fourth-order valence-corrected chi connectivity index (χ4v) is 1.20. The van der Waals surface area contributed by atoms with Crippen molar-refractivity contribution in [3.05, 3.63) is 30.4 Å². The maximum atomic E-state index is 11.1. The second-order valence-electron chi connectivity index (χ2n) is 2.87. The number of anilines is 1. The molecule has 15 heavy (non-hydrogen) atoms. The van der Waals surface area contributed by atoms with Crippen LogP contribution in [0.1, 0.15) is 10.4 Å². The van der Waals surface area contributed by atoms with Crippen LogP contribution in [-0.4, -0.2) is 15.9 Å². The number of nitrogens with two attached hydrogens (primary N) is 2. The summed E-state index contributed by atoms with van der Waals surface area (Å²) >= 11 is 0. The van der Waals surface area contributed by atoms with Crippen molar-refractivity contribution >= 4 is 11.9 Å². The summed E-state index contributed by atoms with van der Waals surface area (Å²) in [7, 11) is 0. The van der Waals surface area contributed by atoms with Crippen LogP contribution in [0.3, 0.4) is 0 Å². The number of hydrogen-bond donors (Lipinski definition) is 2. The van der Waals surface area contributed by atoms with Crippen LogP contribution >= 0.6 is 0 Å². The highest BCUT2D eigenvalue weighted by molar-refractivity contribution is 5.98. The third kappa shape index (κ3) is 1.64. The molecule has 0 atom stereocenters. The predicted molar refractivity (Wildman–Crippen MR) is 52.7 cm³/mol. The number of nitrogens with zero attached hydrogens (tertiary/aromatic N) is 2. The molecule has 2 aromatic heterocycles. The second kappa shape index (κ2) is 3.41. The Balaban J connectivity index is 2.63. The Bertz CT molecular complexity index is 493. The molecule has 76 valence electrons. The zero-order valence-electron chi connectivity index (χ0n) is 7.68. The molecule has 0 fully saturated rings. The molecule has 2 aromatic rings. The van der Waals surface area contributed by atoms with Crippen LogP contribution in [0.25, 0.3) is 11.3 Å². The summed E-state index contributed by atoms with van der Waals surface area (Å²) in [4.78, 5) is 18.7. The van der Waals surface area contributed by atoms with Crippen LogP contribution in [-0.2, 0) is 0 Å². The van der Waals surface area contributed by atoms with E-state index in [1.807, 2.05) is 0 Å². The van der Waals surface area contributed by atoms with Crippen LogP contribution in [0.5, 0.6) is 0 Å². The van der Waals surface area contributed by atoms with E-state index in [0.29, 0.717) is 11.3 Å². The van der Waals surface area contributed by atoms with Crippen molar-refractivity contribution in [2.24, 2.45) is 5.73 Å². The van der Waals surface area contributed by atoms with E-state index in [1.54, 1.807) is 6.07 Å². The number of carbonyl (C=O) groups is 1. The zero-order valence-corrected chi connectivity index (χ0v) is 7.68. The van der Waals surface area contributed by atoms with Crippen LogP contribution in [0.4, 0.5) is 5.95 Å². The molecule has 0 aliphatic carbocycles. The lowest BCUT2D eigenvalue weighted by Gasteiger charge is -2.02. The maximum absolute atomic E-state index is 11.1. The summed E-state index contributed by atoms with van der Waals surface area (Å²) < 4.78 is 4.89. The van der Waals surface area contributed by atoms with E-state index < -0.39 is 5.91 Å². The summed E-state index contributed by atoms with van der Waals surface area (Å²) in [6.07, 6.45) is 4.22. The van der Waals surface area contributed by atoms with E-state index in [9.17, 15) is 4.79 Å². The average Bonchev–Trinajstić information content (AvgIpc) is 2.69. The van der Waals surface area contributed by atoms with Crippen molar-refractivity contribution in [2.75, 3.05) is 5.73 Å². The van der Waals surface area contributed by atoms with Gasteiger partial charge in [0.15, 0.2) is 0 Å². The SMILES string of the molecule is NC(=O)c1cnc(N)nc1-c1ccoc1. The number of amides is 1. The topological polar surface area (TPSA) is 108 Å². The summed E-state index contributed by atoms with van der Waals surface area (Å²) in [6.45, 7) is 0. The first-order valence-electron chi connectivity index (χ1n) is 4.13. The minimum atomic E-state index is -0.605. The minimum absolute atomic E-state index is 0.0798. The number of aromatic nitrogens is 2. The van der Waals surface area contributed by atoms with Crippen molar-refractivity contribution in [1.82, 2.24) is 9.97 Å². The minimum Gasteiger partial charge on any atom is -0.472 e. The molecule has 0 saturated carbocycles. The lowest BCUT2D eigenvalue weighted by atomic mass is 10.1. The Kier molecular flexibility index (Phi) is 2.09. The number of hydrogen-bond acceptors (Lipinski definition) is 5. The van der Waals surface area contributed by atoms with Crippen LogP contribution in [0, 0.1) is 0 Å². The summed E-state index contributed by atoms with van der Waals surface area (Å²) in [5.74, 6) is -0.526. The molecule has 0 aliphatic rings. The number of nitrogen functional groups attached to an aromatic ring is 1. The number of rotatable bonds is 2. The molecule has 4 N–H and O–H groups in total. The Morgan fingerprint density at radius 2 is 2.27 bits per heavy atom. The smallest absolute Gasteiger partial charge is 0.252 e. The molecule has 6 heteroatoms. The van der Waals surface area contributed by atoms with Gasteiger partial charge in [-0.3, -0.25) is 4.79 Å². The van der Waals surface area contributed by atoms with Gasteiger partial charge in [-0.15, -0.1) is 0 Å². The highest BCUT2D eigenvalue weighted by atomic mass is 16.3. The van der Waals surface area contributed by atoms with Gasteiger partial charge in [0.2, 0.25) is 5.95 Å². The van der Waals surface area contributed by atoms with Crippen LogP contribution in [0.2, 0.25) is 0 Å². The molecule has 2 rings (SSSR count). The van der Waals surface area contributed by atoms with Gasteiger partial charge >= 0.3 is 0 Å². The molecule has 0 aliphatic heterocycles. The predicted octanol–water partition coefficient (Wildman–Crippen LogP) is 0.418. The van der Waals surface area contributed by atoms with Crippen molar-refractivity contribution in [2.45, 2.75) is 0 Å². The normalized spacial score (nSPS) is 10.1. The van der Waals surface area contributed by atoms with Gasteiger partial charge in [-0.1, -0.05) is 0 Å². The van der Waals surface area contributed by atoms with E-state index in [4.69, 9.17) is 15.9 Å². The molecular formula is C9H8N4O2. The summed E-state index contributed by atoms with van der Waals surface area (Å²) in [5, 5.41) is 0. The highest BCUT2D eigenvalue weighted by Gasteiger charge is 2.13. The maximum Gasteiger partial charge on any atom is 0.252 e. The fraction of sp³-hybridized carbons (Fsp3) is 0. The first kappa shape index (κ1) is 9.20. The Morgan fingerprint density at radius 1 is 1.47 bits per heavy atom. The van der Waals surface area contributed by atoms with E-state index >= 15 is 0 Å². The van der Waals surface area contributed by atoms with Crippen molar-refractivity contribution in [1.29, 1.82) is 0 Å². The van der Waals surface area contributed by atoms with Gasteiger partial charge in [0, 0.05) is 11.8 Å². The van der Waals surface area contributed by atoms with E-state index in [-0.39, 0.29) is 11.5 Å². The largest absolute Gasteiger partial charge is 0.472 e. The van der Waals surface area contributed by atoms with Gasteiger partial charge in [0.1, 0.15) is 0 Å². The van der Waals surface area contributed by atoms with Gasteiger partial charge in [0.25, 0.3) is 5.91 Å². The third-order valence-corrected chi connectivity index (χ3v) is 1.87. The quantitative estimate of drug-likeness (QED) is 0.736. The molecule has 0 radical (unpaired) electrons. The lowest BCUT2D eigenvalue weighted by molar-refractivity contribution is 0.100. The van der Waals surface area contributed by atoms with Gasteiger partial charge in [-0.05, 0) is 6.07 Å². The van der Waals surface area contributed by atoms with Crippen molar-refractivity contribution < 1.29 is 9.21 Å². The van der Waals surface area contributed by atoms with Gasteiger partial charge < -0.3 is 15.9 Å². The molecule has 0 spiro atoms. The molecule has 1 amide bonds. The fourth-order valence-electron chi connectivity index (χ4n) is 1.20. The van der Waals surface area contributed by atoms with Gasteiger partial charge in [0.05, 0.1) is 23.8 Å². The Morgan fingerprint density at radius 3 is 2.87 bits per heavy atom. The molecule has 2 heterocycles. The van der Waals surface area contributed by atoms with E-state index in [2.05, 4.69) is 9.97 Å². The van der Waals surface area contributed by atoms with Crippen LogP contribution in [0.15, 0.2) is 29.2 Å². The zero-order chi connectivity index (χ0) is 10.8. The molecule has 0 aromatic carbocycles. The van der Waals surface area contributed by atoms with Gasteiger partial charge in [-0.2, -0.15) is 0 Å². The number of furan rings is 1. The van der Waals surface area contributed by atoms with Crippen molar-refractivity contribution in [3.63, 3.8) is 0 Å². The van der Waals surface area contributed by atoms with Gasteiger partial charge in [-0.25, -0.2) is 9.97 Å². The number of carbonyl (C=O) groups excluding carboxylic acids is 1. The molecule has 6 nitrogen and oxygen atoms in total. The lowest BCUT2D eigenvalue weighted by Crippen LogP contribution is -2.14. The second-order valence-corrected chi connectivity index (χ2v) is 2.87. The average molecular weight is 204 g/mol. The Hall–Kier alpha value is -2.37. The van der Waals surface area contributed by atoms with Crippen LogP contribution < -0.4 is 11.5 Å². The van der Waals surface area contributed by atoms with E-state index in [0.717, 1.165) is 0 Å². The summed E-state index contributed by atoms with van der Waals surface area (Å²) in [5.41, 5.74) is 11.8. The molecule has 0 unspecified atom stereocenters. The molecule has 0 bridgehead atoms. The first-order valence-corrected chi connectivity index (χ1v) is 4.13. The monoisotopic (exact) mass is 204 g/mol. The molecular weight excluding hydrogens is 196 g/mol. The van der Waals surface area contributed by atoms with Crippen molar-refractivity contribution in [3.8, 4) is 11.3 Å². The molecule has 0 saturated heterocycles. The highest BCUT2D eigenvalue weighted by Crippen LogP contribution is 2.21. The third-order valence-electron chi connectivity index (χ3n) is 1.87.